The zero-order valence-corrected chi connectivity index (χ0v) is 11.5. The molecular formula is C13H27N3O. The van der Waals surface area contributed by atoms with E-state index in [0.29, 0.717) is 5.92 Å². The SMILES string of the molecule is CCCCN=C(NCC)N(C)CC1CCOC1. The summed E-state index contributed by atoms with van der Waals surface area (Å²) < 4.78 is 5.41. The quantitative estimate of drug-likeness (QED) is 0.437. The van der Waals surface area contributed by atoms with E-state index in [1.807, 2.05) is 0 Å². The first-order chi connectivity index (χ1) is 8.27. The Bertz CT molecular complexity index is 225. The molecule has 0 aromatic carbocycles. The van der Waals surface area contributed by atoms with Gasteiger partial charge in [-0.25, -0.2) is 0 Å². The van der Waals surface area contributed by atoms with Gasteiger partial charge in [0.05, 0.1) is 6.61 Å². The maximum Gasteiger partial charge on any atom is 0.193 e. The third-order valence-electron chi connectivity index (χ3n) is 3.03. The lowest BCUT2D eigenvalue weighted by molar-refractivity contribution is 0.181. The van der Waals surface area contributed by atoms with Crippen LogP contribution in [0.2, 0.25) is 0 Å². The first-order valence-corrected chi connectivity index (χ1v) is 6.85. The van der Waals surface area contributed by atoms with Gasteiger partial charge in [-0.1, -0.05) is 13.3 Å². The van der Waals surface area contributed by atoms with Crippen LogP contribution in [0, 0.1) is 5.92 Å². The van der Waals surface area contributed by atoms with Gasteiger partial charge >= 0.3 is 0 Å². The molecule has 1 saturated heterocycles. The Kier molecular flexibility index (Phi) is 7.01. The van der Waals surface area contributed by atoms with Gasteiger partial charge in [0, 0.05) is 39.2 Å². The van der Waals surface area contributed by atoms with Crippen molar-refractivity contribution in [3.63, 3.8) is 0 Å². The average molecular weight is 241 g/mol. The van der Waals surface area contributed by atoms with Crippen LogP contribution in [0.4, 0.5) is 0 Å². The Labute approximate surface area is 105 Å². The molecule has 4 nitrogen and oxygen atoms in total. The lowest BCUT2D eigenvalue weighted by Crippen LogP contribution is -2.41. The minimum Gasteiger partial charge on any atom is -0.381 e. The van der Waals surface area contributed by atoms with Crippen LogP contribution in [0.3, 0.4) is 0 Å². The largest absolute Gasteiger partial charge is 0.381 e. The Morgan fingerprint density at radius 3 is 2.88 bits per heavy atom. The van der Waals surface area contributed by atoms with Crippen molar-refractivity contribution in [2.75, 3.05) is 39.9 Å². The van der Waals surface area contributed by atoms with Crippen LogP contribution in [0.25, 0.3) is 0 Å². The standard InChI is InChI=1S/C13H27N3O/c1-4-6-8-15-13(14-5-2)16(3)10-12-7-9-17-11-12/h12H,4-11H2,1-3H3,(H,14,15). The molecule has 0 saturated carbocycles. The summed E-state index contributed by atoms with van der Waals surface area (Å²) in [5.41, 5.74) is 0. The van der Waals surface area contributed by atoms with Gasteiger partial charge in [-0.2, -0.15) is 0 Å². The molecule has 0 radical (unpaired) electrons. The predicted octanol–water partition coefficient (Wildman–Crippen LogP) is 1.72. The van der Waals surface area contributed by atoms with Crippen molar-refractivity contribution in [3.05, 3.63) is 0 Å². The van der Waals surface area contributed by atoms with E-state index in [4.69, 9.17) is 4.74 Å². The van der Waals surface area contributed by atoms with Crippen LogP contribution in [-0.2, 0) is 4.74 Å². The Morgan fingerprint density at radius 1 is 1.47 bits per heavy atom. The summed E-state index contributed by atoms with van der Waals surface area (Å²) in [5.74, 6) is 1.70. The number of nitrogens with one attached hydrogen (secondary N) is 1. The molecule has 1 rings (SSSR count). The van der Waals surface area contributed by atoms with Crippen LogP contribution >= 0.6 is 0 Å². The molecule has 1 aliphatic heterocycles. The molecule has 1 aliphatic rings. The number of aliphatic imine (C=N–C) groups is 1. The third-order valence-corrected chi connectivity index (χ3v) is 3.03. The minimum absolute atomic E-state index is 0.662. The lowest BCUT2D eigenvalue weighted by Gasteiger charge is -2.24. The highest BCUT2D eigenvalue weighted by Gasteiger charge is 2.18. The second-order valence-electron chi connectivity index (χ2n) is 4.70. The molecule has 4 heteroatoms. The van der Waals surface area contributed by atoms with Crippen molar-refractivity contribution < 1.29 is 4.74 Å². The monoisotopic (exact) mass is 241 g/mol. The molecule has 100 valence electrons. The number of nitrogens with zero attached hydrogens (tertiary/aromatic N) is 2. The van der Waals surface area contributed by atoms with Crippen LogP contribution in [0.1, 0.15) is 33.1 Å². The highest BCUT2D eigenvalue weighted by molar-refractivity contribution is 5.79. The van der Waals surface area contributed by atoms with Crippen LogP contribution < -0.4 is 5.32 Å². The maximum atomic E-state index is 5.41. The average Bonchev–Trinajstić information content (AvgIpc) is 2.81. The van der Waals surface area contributed by atoms with Crippen LogP contribution in [-0.4, -0.2) is 50.8 Å². The van der Waals surface area contributed by atoms with Gasteiger partial charge in [0.1, 0.15) is 0 Å². The van der Waals surface area contributed by atoms with E-state index < -0.39 is 0 Å². The molecular weight excluding hydrogens is 214 g/mol. The summed E-state index contributed by atoms with van der Waals surface area (Å²) in [5, 5.41) is 3.35. The number of hydrogen-bond donors (Lipinski definition) is 1. The van der Waals surface area contributed by atoms with Gasteiger partial charge in [-0.05, 0) is 19.8 Å². The Morgan fingerprint density at radius 2 is 2.29 bits per heavy atom. The molecule has 0 aromatic heterocycles. The molecule has 0 bridgehead atoms. The van der Waals surface area contributed by atoms with Crippen molar-refractivity contribution in [3.8, 4) is 0 Å². The predicted molar refractivity (Wildman–Crippen MR) is 72.4 cm³/mol. The van der Waals surface area contributed by atoms with Gasteiger partial charge in [0.25, 0.3) is 0 Å². The molecule has 1 N–H and O–H groups in total. The van der Waals surface area contributed by atoms with E-state index >= 15 is 0 Å². The number of ether oxygens (including phenoxy) is 1. The molecule has 0 aliphatic carbocycles. The minimum atomic E-state index is 0.662. The van der Waals surface area contributed by atoms with Crippen LogP contribution in [0.15, 0.2) is 4.99 Å². The number of guanidine groups is 1. The zero-order chi connectivity index (χ0) is 12.5. The lowest BCUT2D eigenvalue weighted by atomic mass is 10.1. The summed E-state index contributed by atoms with van der Waals surface area (Å²) in [6.07, 6.45) is 3.54. The number of rotatable bonds is 6. The first-order valence-electron chi connectivity index (χ1n) is 6.85. The molecule has 1 unspecified atom stereocenters. The fourth-order valence-electron chi connectivity index (χ4n) is 2.01. The van der Waals surface area contributed by atoms with Crippen molar-refractivity contribution in [2.24, 2.45) is 10.9 Å². The normalized spacial score (nSPS) is 20.6. The summed E-state index contributed by atoms with van der Waals surface area (Å²) in [6.45, 7) is 9.02. The van der Waals surface area contributed by atoms with Gasteiger partial charge in [-0.3, -0.25) is 4.99 Å². The second-order valence-corrected chi connectivity index (χ2v) is 4.70. The van der Waals surface area contributed by atoms with Gasteiger partial charge in [-0.15, -0.1) is 0 Å². The highest BCUT2D eigenvalue weighted by atomic mass is 16.5. The first kappa shape index (κ1) is 14.3. The molecule has 1 atom stereocenters. The zero-order valence-electron chi connectivity index (χ0n) is 11.5. The molecule has 1 fully saturated rings. The van der Waals surface area contributed by atoms with E-state index in [9.17, 15) is 0 Å². The Balaban J connectivity index is 2.40. The van der Waals surface area contributed by atoms with E-state index in [2.05, 4.69) is 36.1 Å². The number of hydrogen-bond acceptors (Lipinski definition) is 2. The van der Waals surface area contributed by atoms with Gasteiger partial charge in [0.2, 0.25) is 0 Å². The molecule has 0 aromatic rings. The topological polar surface area (TPSA) is 36.9 Å². The molecule has 17 heavy (non-hydrogen) atoms. The smallest absolute Gasteiger partial charge is 0.193 e. The van der Waals surface area contributed by atoms with Crippen molar-refractivity contribution in [1.29, 1.82) is 0 Å². The third kappa shape index (κ3) is 5.39. The van der Waals surface area contributed by atoms with E-state index in [0.717, 1.165) is 45.2 Å². The second kappa shape index (κ2) is 8.34. The summed E-state index contributed by atoms with van der Waals surface area (Å²) >= 11 is 0. The van der Waals surface area contributed by atoms with E-state index in [1.54, 1.807) is 0 Å². The fourth-order valence-corrected chi connectivity index (χ4v) is 2.01. The molecule has 0 spiro atoms. The number of unbranched alkanes of at least 4 members (excludes halogenated alkanes) is 1. The Hall–Kier alpha value is -0.770. The van der Waals surface area contributed by atoms with Gasteiger partial charge < -0.3 is 15.0 Å². The summed E-state index contributed by atoms with van der Waals surface area (Å²) in [4.78, 5) is 6.87. The van der Waals surface area contributed by atoms with E-state index in [1.165, 1.54) is 12.8 Å². The highest BCUT2D eigenvalue weighted by Crippen LogP contribution is 2.13. The van der Waals surface area contributed by atoms with Crippen molar-refractivity contribution in [1.82, 2.24) is 10.2 Å². The molecule has 0 amide bonds. The summed E-state index contributed by atoms with van der Waals surface area (Å²) in [7, 11) is 2.12. The molecule has 1 heterocycles. The summed E-state index contributed by atoms with van der Waals surface area (Å²) in [6, 6.07) is 0. The van der Waals surface area contributed by atoms with Gasteiger partial charge in [0.15, 0.2) is 5.96 Å². The van der Waals surface area contributed by atoms with E-state index in [-0.39, 0.29) is 0 Å². The fraction of sp³-hybridized carbons (Fsp3) is 0.923. The van der Waals surface area contributed by atoms with Crippen molar-refractivity contribution >= 4 is 5.96 Å². The maximum absolute atomic E-state index is 5.41. The van der Waals surface area contributed by atoms with Crippen LogP contribution in [0.5, 0.6) is 0 Å². The van der Waals surface area contributed by atoms with Crippen molar-refractivity contribution in [2.45, 2.75) is 33.1 Å².